The molecule has 0 bridgehead atoms. The van der Waals surface area contributed by atoms with E-state index >= 15 is 0 Å². The van der Waals surface area contributed by atoms with Gasteiger partial charge in [0.05, 0.1) is 11.6 Å². The van der Waals surface area contributed by atoms with Crippen molar-refractivity contribution in [2.24, 2.45) is 0 Å². The van der Waals surface area contributed by atoms with Crippen LogP contribution in [0.2, 0.25) is 0 Å². The molecule has 116 valence electrons. The van der Waals surface area contributed by atoms with Gasteiger partial charge < -0.3 is 15.2 Å². The van der Waals surface area contributed by atoms with Gasteiger partial charge in [0.2, 0.25) is 5.56 Å². The maximum absolute atomic E-state index is 13.4. The molecule has 1 atom stereocenters. The van der Waals surface area contributed by atoms with Crippen molar-refractivity contribution < 1.29 is 9.18 Å². The molecule has 0 fully saturated rings. The Hall–Kier alpha value is -2.47. The second kappa shape index (κ2) is 7.00. The molecule has 2 rings (SSSR count). The highest BCUT2D eigenvalue weighted by Gasteiger charge is 2.16. The predicted octanol–water partition coefficient (Wildman–Crippen LogP) is 1.55. The second-order valence-corrected chi connectivity index (χ2v) is 5.19. The number of likely N-dealkylation sites (N-methyl/N-ethyl adjacent to an activating group) is 1. The maximum Gasteiger partial charge on any atom is 0.252 e. The van der Waals surface area contributed by atoms with Gasteiger partial charge in [-0.1, -0.05) is 12.1 Å². The number of hydrogen-bond donors (Lipinski definition) is 2. The molecule has 0 aliphatic rings. The number of pyridine rings is 1. The summed E-state index contributed by atoms with van der Waals surface area (Å²) in [6, 6.07) is 8.91. The molecule has 1 aromatic carbocycles. The molecule has 0 spiro atoms. The number of nitrogens with one attached hydrogen (secondary N) is 2. The Morgan fingerprint density at radius 3 is 2.68 bits per heavy atom. The highest BCUT2D eigenvalue weighted by Crippen LogP contribution is 2.18. The topological polar surface area (TPSA) is 65.2 Å². The summed E-state index contributed by atoms with van der Waals surface area (Å²) < 4.78 is 13.4. The summed E-state index contributed by atoms with van der Waals surface area (Å²) in [5.41, 5.74) is 0.894. The third-order valence-corrected chi connectivity index (χ3v) is 3.36. The van der Waals surface area contributed by atoms with Gasteiger partial charge in [0.1, 0.15) is 5.82 Å². The molecule has 1 heterocycles. The first-order valence-corrected chi connectivity index (χ1v) is 6.86. The zero-order valence-corrected chi connectivity index (χ0v) is 12.5. The number of H-pyrrole nitrogens is 1. The lowest BCUT2D eigenvalue weighted by atomic mass is 10.1. The molecular weight excluding hydrogens is 285 g/mol. The van der Waals surface area contributed by atoms with E-state index in [0.29, 0.717) is 12.1 Å². The van der Waals surface area contributed by atoms with Gasteiger partial charge in [-0.2, -0.15) is 0 Å². The van der Waals surface area contributed by atoms with Gasteiger partial charge in [-0.25, -0.2) is 4.39 Å². The van der Waals surface area contributed by atoms with Crippen molar-refractivity contribution in [2.75, 3.05) is 20.6 Å². The number of amides is 1. The normalized spacial score (nSPS) is 12.2. The molecule has 0 aliphatic carbocycles. The van der Waals surface area contributed by atoms with Gasteiger partial charge in [0.25, 0.3) is 5.91 Å². The van der Waals surface area contributed by atoms with Crippen LogP contribution in [-0.2, 0) is 0 Å². The highest BCUT2D eigenvalue weighted by molar-refractivity contribution is 5.93. The number of nitrogens with zero attached hydrogens (tertiary/aromatic N) is 1. The SMILES string of the molecule is CN(C)C(CNC(=O)c1ccc(=O)[nH]c1)c1cccc(F)c1. The Morgan fingerprint density at radius 1 is 1.32 bits per heavy atom. The Bertz CT molecular complexity index is 692. The van der Waals surface area contributed by atoms with Crippen molar-refractivity contribution in [3.8, 4) is 0 Å². The largest absolute Gasteiger partial charge is 0.350 e. The zero-order valence-electron chi connectivity index (χ0n) is 12.5. The quantitative estimate of drug-likeness (QED) is 0.881. The fraction of sp³-hybridized carbons (Fsp3) is 0.250. The summed E-state index contributed by atoms with van der Waals surface area (Å²) in [5, 5.41) is 2.79. The monoisotopic (exact) mass is 303 g/mol. The number of aromatic amines is 1. The molecule has 0 saturated heterocycles. The van der Waals surface area contributed by atoms with Gasteiger partial charge in [0.15, 0.2) is 0 Å². The lowest BCUT2D eigenvalue weighted by Gasteiger charge is -2.25. The van der Waals surface area contributed by atoms with Crippen LogP contribution in [0.3, 0.4) is 0 Å². The minimum Gasteiger partial charge on any atom is -0.350 e. The van der Waals surface area contributed by atoms with Crippen molar-refractivity contribution in [3.05, 3.63) is 69.9 Å². The minimum atomic E-state index is -0.309. The predicted molar refractivity (Wildman–Crippen MR) is 82.2 cm³/mol. The Labute approximate surface area is 127 Å². The number of halogens is 1. The van der Waals surface area contributed by atoms with Crippen molar-refractivity contribution in [3.63, 3.8) is 0 Å². The smallest absolute Gasteiger partial charge is 0.252 e. The summed E-state index contributed by atoms with van der Waals surface area (Å²) in [5.74, 6) is -0.601. The second-order valence-electron chi connectivity index (χ2n) is 5.19. The third-order valence-electron chi connectivity index (χ3n) is 3.36. The summed E-state index contributed by atoms with van der Waals surface area (Å²) in [4.78, 5) is 27.4. The van der Waals surface area contributed by atoms with Crippen LogP contribution >= 0.6 is 0 Å². The first-order chi connectivity index (χ1) is 10.5. The van der Waals surface area contributed by atoms with Crippen molar-refractivity contribution >= 4 is 5.91 Å². The van der Waals surface area contributed by atoms with E-state index in [0.717, 1.165) is 5.56 Å². The van der Waals surface area contributed by atoms with Crippen LogP contribution in [0.4, 0.5) is 4.39 Å². The standard InChI is InChI=1S/C16H18FN3O2/c1-20(2)14(11-4-3-5-13(17)8-11)10-19-16(22)12-6-7-15(21)18-9-12/h3-9,14H,10H2,1-2H3,(H,18,21)(H,19,22). The molecule has 22 heavy (non-hydrogen) atoms. The third kappa shape index (κ3) is 4.02. The van der Waals surface area contributed by atoms with E-state index in [2.05, 4.69) is 10.3 Å². The molecule has 5 nitrogen and oxygen atoms in total. The Balaban J connectivity index is 2.07. The van der Waals surface area contributed by atoms with Gasteiger partial charge in [-0.3, -0.25) is 9.59 Å². The molecule has 0 saturated carbocycles. The molecule has 0 radical (unpaired) electrons. The van der Waals surface area contributed by atoms with E-state index in [9.17, 15) is 14.0 Å². The fourth-order valence-electron chi connectivity index (χ4n) is 2.16. The van der Waals surface area contributed by atoms with E-state index in [4.69, 9.17) is 0 Å². The average Bonchev–Trinajstić information content (AvgIpc) is 2.47. The van der Waals surface area contributed by atoms with Crippen LogP contribution in [-0.4, -0.2) is 36.4 Å². The zero-order chi connectivity index (χ0) is 16.1. The molecule has 6 heteroatoms. The Kier molecular flexibility index (Phi) is 5.06. The number of carbonyl (C=O) groups is 1. The van der Waals surface area contributed by atoms with Crippen molar-refractivity contribution in [2.45, 2.75) is 6.04 Å². The van der Waals surface area contributed by atoms with Gasteiger partial charge >= 0.3 is 0 Å². The lowest BCUT2D eigenvalue weighted by Crippen LogP contribution is -2.34. The molecule has 1 aromatic heterocycles. The van der Waals surface area contributed by atoms with E-state index in [1.807, 2.05) is 25.1 Å². The van der Waals surface area contributed by atoms with Crippen molar-refractivity contribution in [1.82, 2.24) is 15.2 Å². The average molecular weight is 303 g/mol. The van der Waals surface area contributed by atoms with E-state index in [1.54, 1.807) is 6.07 Å². The van der Waals surface area contributed by atoms with E-state index in [1.165, 1.54) is 30.5 Å². The maximum atomic E-state index is 13.4. The van der Waals surface area contributed by atoms with Crippen LogP contribution in [0.15, 0.2) is 47.4 Å². The first kappa shape index (κ1) is 15.9. The van der Waals surface area contributed by atoms with Crippen LogP contribution in [0, 0.1) is 5.82 Å². The summed E-state index contributed by atoms with van der Waals surface area (Å²) in [7, 11) is 3.73. The molecule has 2 N–H and O–H groups in total. The minimum absolute atomic E-state index is 0.151. The fourth-order valence-corrected chi connectivity index (χ4v) is 2.16. The van der Waals surface area contributed by atoms with E-state index in [-0.39, 0.29) is 23.3 Å². The van der Waals surface area contributed by atoms with Gasteiger partial charge in [-0.05, 0) is 37.9 Å². The summed E-state index contributed by atoms with van der Waals surface area (Å²) >= 11 is 0. The van der Waals surface area contributed by atoms with Crippen LogP contribution in [0.5, 0.6) is 0 Å². The van der Waals surface area contributed by atoms with Gasteiger partial charge in [-0.15, -0.1) is 0 Å². The molecule has 2 aromatic rings. The number of hydrogen-bond acceptors (Lipinski definition) is 3. The van der Waals surface area contributed by atoms with E-state index < -0.39 is 0 Å². The summed E-state index contributed by atoms with van der Waals surface area (Å²) in [6.07, 6.45) is 1.37. The molecule has 1 unspecified atom stereocenters. The summed E-state index contributed by atoms with van der Waals surface area (Å²) in [6.45, 7) is 0.328. The first-order valence-electron chi connectivity index (χ1n) is 6.86. The number of rotatable bonds is 5. The van der Waals surface area contributed by atoms with Gasteiger partial charge in [0, 0.05) is 18.8 Å². The van der Waals surface area contributed by atoms with Crippen molar-refractivity contribution in [1.29, 1.82) is 0 Å². The van der Waals surface area contributed by atoms with Crippen LogP contribution < -0.4 is 10.9 Å². The highest BCUT2D eigenvalue weighted by atomic mass is 19.1. The lowest BCUT2D eigenvalue weighted by molar-refractivity contribution is 0.0941. The molecular formula is C16H18FN3O2. The number of aromatic nitrogens is 1. The van der Waals surface area contributed by atoms with Crippen LogP contribution in [0.1, 0.15) is 22.0 Å². The van der Waals surface area contributed by atoms with Crippen LogP contribution in [0.25, 0.3) is 0 Å². The Morgan fingerprint density at radius 2 is 2.09 bits per heavy atom. The number of carbonyl (C=O) groups excluding carboxylic acids is 1. The molecule has 1 amide bonds. The number of benzene rings is 1. The molecule has 0 aliphatic heterocycles.